The van der Waals surface area contributed by atoms with E-state index in [1.165, 1.54) is 0 Å². The number of carbonyl (C=O) groups is 1. The molecule has 3 rings (SSSR count). The van der Waals surface area contributed by atoms with Gasteiger partial charge in [-0.25, -0.2) is 4.98 Å². The average molecular weight is 323 g/mol. The van der Waals surface area contributed by atoms with Gasteiger partial charge in [0.2, 0.25) is 5.91 Å². The molecule has 0 fully saturated rings. The van der Waals surface area contributed by atoms with Crippen molar-refractivity contribution >= 4 is 17.4 Å². The first kappa shape index (κ1) is 16.5. The molecule has 3 unspecified atom stereocenters. The van der Waals surface area contributed by atoms with E-state index in [-0.39, 0.29) is 23.9 Å². The molecule has 0 spiro atoms. The number of aromatic nitrogens is 1. The van der Waals surface area contributed by atoms with Gasteiger partial charge in [-0.1, -0.05) is 38.1 Å². The lowest BCUT2D eigenvalue weighted by atomic mass is 9.81. The number of aryl methyl sites for hydroxylation is 1. The molecule has 1 aliphatic rings. The first-order chi connectivity index (χ1) is 11.5. The fourth-order valence-corrected chi connectivity index (χ4v) is 3.84. The Morgan fingerprint density at radius 1 is 1.21 bits per heavy atom. The van der Waals surface area contributed by atoms with Gasteiger partial charge in [-0.2, -0.15) is 0 Å². The number of nitrogens with zero attached hydrogens (tertiary/aromatic N) is 2. The number of benzene rings is 1. The Morgan fingerprint density at radius 3 is 2.62 bits per heavy atom. The number of nitrogens with one attached hydrogen (secondary N) is 1. The van der Waals surface area contributed by atoms with Gasteiger partial charge in [0.05, 0.1) is 6.04 Å². The Labute approximate surface area is 143 Å². The highest BCUT2D eigenvalue weighted by molar-refractivity contribution is 5.94. The summed E-state index contributed by atoms with van der Waals surface area (Å²) in [4.78, 5) is 18.8. The lowest BCUT2D eigenvalue weighted by Gasteiger charge is -2.45. The van der Waals surface area contributed by atoms with Gasteiger partial charge < -0.3 is 10.2 Å². The molecule has 1 amide bonds. The van der Waals surface area contributed by atoms with Gasteiger partial charge in [0.15, 0.2) is 0 Å². The van der Waals surface area contributed by atoms with Gasteiger partial charge in [0.25, 0.3) is 0 Å². The first-order valence-electron chi connectivity index (χ1n) is 8.61. The van der Waals surface area contributed by atoms with Crippen LogP contribution in [-0.2, 0) is 4.79 Å². The number of anilines is 2. The largest absolute Gasteiger partial charge is 0.363 e. The summed E-state index contributed by atoms with van der Waals surface area (Å²) in [6.45, 7) is 8.01. The standard InChI is InChI=1S/C20H25N3O/c1-5-17-14(3)20(22-19-12-8-9-13(2)21-19)16-10-6-7-11-18(16)23(17)15(4)24/h6-12,14,17,20H,5H2,1-4H3,(H,21,22). The van der Waals surface area contributed by atoms with Crippen LogP contribution >= 0.6 is 0 Å². The number of para-hydroxylation sites is 1. The van der Waals surface area contributed by atoms with E-state index in [2.05, 4.69) is 30.2 Å². The Bertz CT molecular complexity index is 743. The van der Waals surface area contributed by atoms with E-state index in [1.54, 1.807) is 6.92 Å². The van der Waals surface area contributed by atoms with Crippen LogP contribution in [0.2, 0.25) is 0 Å². The molecule has 0 saturated carbocycles. The molecular formula is C20H25N3O. The van der Waals surface area contributed by atoms with Gasteiger partial charge >= 0.3 is 0 Å². The summed E-state index contributed by atoms with van der Waals surface area (Å²) >= 11 is 0. The van der Waals surface area contributed by atoms with Gasteiger partial charge in [-0.3, -0.25) is 4.79 Å². The van der Waals surface area contributed by atoms with Crippen molar-refractivity contribution in [3.05, 3.63) is 53.7 Å². The maximum atomic E-state index is 12.3. The Morgan fingerprint density at radius 2 is 1.96 bits per heavy atom. The fourth-order valence-electron chi connectivity index (χ4n) is 3.84. The SMILES string of the molecule is CCC1C(C)C(Nc2cccc(C)n2)c2ccccc2N1C(C)=O. The van der Waals surface area contributed by atoms with Gasteiger partial charge in [-0.05, 0) is 37.1 Å². The van der Waals surface area contributed by atoms with E-state index in [4.69, 9.17) is 0 Å². The van der Waals surface area contributed by atoms with E-state index >= 15 is 0 Å². The fraction of sp³-hybridized carbons (Fsp3) is 0.400. The van der Waals surface area contributed by atoms with E-state index in [0.29, 0.717) is 0 Å². The number of amides is 1. The molecule has 24 heavy (non-hydrogen) atoms. The van der Waals surface area contributed by atoms with Crippen LogP contribution in [0.4, 0.5) is 11.5 Å². The molecular weight excluding hydrogens is 298 g/mol. The summed E-state index contributed by atoms with van der Waals surface area (Å²) < 4.78 is 0. The van der Waals surface area contributed by atoms with E-state index < -0.39 is 0 Å². The van der Waals surface area contributed by atoms with Crippen molar-refractivity contribution in [3.63, 3.8) is 0 Å². The number of hydrogen-bond donors (Lipinski definition) is 1. The molecule has 0 radical (unpaired) electrons. The molecule has 3 atom stereocenters. The number of hydrogen-bond acceptors (Lipinski definition) is 3. The van der Waals surface area contributed by atoms with Crippen molar-refractivity contribution in [2.45, 2.75) is 46.2 Å². The molecule has 0 bridgehead atoms. The molecule has 2 aromatic rings. The smallest absolute Gasteiger partial charge is 0.224 e. The summed E-state index contributed by atoms with van der Waals surface area (Å²) in [6.07, 6.45) is 0.925. The predicted octanol–water partition coefficient (Wildman–Crippen LogP) is 4.32. The predicted molar refractivity (Wildman–Crippen MR) is 98.2 cm³/mol. The maximum absolute atomic E-state index is 12.3. The van der Waals surface area contributed by atoms with Gasteiger partial charge in [0.1, 0.15) is 5.82 Å². The second-order valence-corrected chi connectivity index (χ2v) is 6.57. The van der Waals surface area contributed by atoms with E-state index in [1.807, 2.05) is 48.2 Å². The molecule has 1 aromatic heterocycles. The van der Waals surface area contributed by atoms with Crippen molar-refractivity contribution in [3.8, 4) is 0 Å². The monoisotopic (exact) mass is 323 g/mol. The highest BCUT2D eigenvalue weighted by Gasteiger charge is 2.39. The Balaban J connectivity index is 2.05. The minimum Gasteiger partial charge on any atom is -0.363 e. The number of pyridine rings is 1. The number of fused-ring (bicyclic) bond motifs is 1. The third-order valence-electron chi connectivity index (χ3n) is 4.94. The zero-order valence-electron chi connectivity index (χ0n) is 14.8. The van der Waals surface area contributed by atoms with Crippen LogP contribution < -0.4 is 10.2 Å². The lowest BCUT2D eigenvalue weighted by molar-refractivity contribution is -0.117. The third-order valence-corrected chi connectivity index (χ3v) is 4.94. The van der Waals surface area contributed by atoms with Crippen molar-refractivity contribution in [1.29, 1.82) is 0 Å². The minimum absolute atomic E-state index is 0.105. The van der Waals surface area contributed by atoms with Crippen LogP contribution in [0.1, 0.15) is 44.5 Å². The van der Waals surface area contributed by atoms with Crippen LogP contribution in [-0.4, -0.2) is 16.9 Å². The van der Waals surface area contributed by atoms with Crippen molar-refractivity contribution in [2.24, 2.45) is 5.92 Å². The van der Waals surface area contributed by atoms with Gasteiger partial charge in [-0.15, -0.1) is 0 Å². The molecule has 0 saturated heterocycles. The first-order valence-corrected chi connectivity index (χ1v) is 8.61. The van der Waals surface area contributed by atoms with Crippen molar-refractivity contribution in [2.75, 3.05) is 10.2 Å². The second kappa shape index (κ2) is 6.63. The molecule has 0 aliphatic carbocycles. The zero-order chi connectivity index (χ0) is 17.3. The second-order valence-electron chi connectivity index (χ2n) is 6.57. The molecule has 1 N–H and O–H groups in total. The topological polar surface area (TPSA) is 45.2 Å². The normalized spacial score (nSPS) is 22.8. The number of rotatable bonds is 3. The maximum Gasteiger partial charge on any atom is 0.224 e. The Hall–Kier alpha value is -2.36. The molecule has 1 aromatic carbocycles. The number of carbonyl (C=O) groups excluding carboxylic acids is 1. The quantitative estimate of drug-likeness (QED) is 0.914. The average Bonchev–Trinajstić information content (AvgIpc) is 2.56. The lowest BCUT2D eigenvalue weighted by Crippen LogP contribution is -2.49. The highest BCUT2D eigenvalue weighted by atomic mass is 16.2. The summed E-state index contributed by atoms with van der Waals surface area (Å²) in [5.74, 6) is 1.28. The molecule has 126 valence electrons. The van der Waals surface area contributed by atoms with Gasteiger partial charge in [0, 0.05) is 30.3 Å². The van der Waals surface area contributed by atoms with E-state index in [9.17, 15) is 4.79 Å². The Kier molecular flexibility index (Phi) is 4.56. The molecule has 2 heterocycles. The van der Waals surface area contributed by atoms with Crippen LogP contribution in [0.5, 0.6) is 0 Å². The molecule has 4 nitrogen and oxygen atoms in total. The van der Waals surface area contributed by atoms with E-state index in [0.717, 1.165) is 29.2 Å². The van der Waals surface area contributed by atoms with Crippen LogP contribution in [0, 0.1) is 12.8 Å². The summed E-state index contributed by atoms with van der Waals surface area (Å²) in [7, 11) is 0. The molecule has 4 heteroatoms. The minimum atomic E-state index is 0.105. The summed E-state index contributed by atoms with van der Waals surface area (Å²) in [6, 6.07) is 14.5. The van der Waals surface area contributed by atoms with Crippen LogP contribution in [0.25, 0.3) is 0 Å². The van der Waals surface area contributed by atoms with Crippen LogP contribution in [0.3, 0.4) is 0 Å². The third kappa shape index (κ3) is 2.88. The molecule has 1 aliphatic heterocycles. The summed E-state index contributed by atoms with van der Waals surface area (Å²) in [5.41, 5.74) is 3.17. The van der Waals surface area contributed by atoms with Crippen molar-refractivity contribution in [1.82, 2.24) is 4.98 Å². The zero-order valence-corrected chi connectivity index (χ0v) is 14.8. The highest BCUT2D eigenvalue weighted by Crippen LogP contribution is 2.43. The van der Waals surface area contributed by atoms with Crippen LogP contribution in [0.15, 0.2) is 42.5 Å². The summed E-state index contributed by atoms with van der Waals surface area (Å²) in [5, 5.41) is 3.60. The van der Waals surface area contributed by atoms with Crippen molar-refractivity contribution < 1.29 is 4.79 Å².